The number of rotatable bonds is 2. The number of nitrogens with zero attached hydrogens (tertiary/aromatic N) is 4. The fourth-order valence-electron chi connectivity index (χ4n) is 3.60. The summed E-state index contributed by atoms with van der Waals surface area (Å²) < 4.78 is 42.7. The van der Waals surface area contributed by atoms with E-state index in [0.717, 1.165) is 29.8 Å². The van der Waals surface area contributed by atoms with Crippen molar-refractivity contribution in [3.05, 3.63) is 52.3 Å². The molecule has 1 aliphatic rings. The number of likely N-dealkylation sites (tertiary alicyclic amines) is 1. The first-order chi connectivity index (χ1) is 13.7. The first kappa shape index (κ1) is 19.9. The number of aromatic nitrogens is 3. The van der Waals surface area contributed by atoms with Gasteiger partial charge in [-0.25, -0.2) is 9.50 Å². The van der Waals surface area contributed by atoms with E-state index in [4.69, 9.17) is 0 Å². The van der Waals surface area contributed by atoms with Gasteiger partial charge in [-0.15, -0.1) is 0 Å². The summed E-state index contributed by atoms with van der Waals surface area (Å²) >= 11 is 3.31. The molecular weight excluding hydrogens is 449 g/mol. The van der Waals surface area contributed by atoms with Crippen LogP contribution in [0.2, 0.25) is 0 Å². The molecule has 4 rings (SSSR count). The van der Waals surface area contributed by atoms with Crippen LogP contribution in [0, 0.1) is 0 Å². The zero-order chi connectivity index (χ0) is 20.8. The number of benzene rings is 1. The fraction of sp³-hybridized carbons (Fsp3) is 0.350. The minimum absolute atomic E-state index is 0.00856. The molecule has 0 spiro atoms. The standard InChI is InChI=1S/C20H18BrF3N4O/c1-12-4-2-3-9-27(12)19(29)16-11-18-25-15(13-5-7-14(21)8-6-13)10-17(20(22,23)24)28(18)26-16/h5-8,10-12H,2-4,9H2,1H3/t12-/m1/s1. The van der Waals surface area contributed by atoms with Crippen molar-refractivity contribution in [2.45, 2.75) is 38.4 Å². The lowest BCUT2D eigenvalue weighted by Crippen LogP contribution is -2.42. The van der Waals surface area contributed by atoms with Crippen LogP contribution in [0.25, 0.3) is 16.9 Å². The summed E-state index contributed by atoms with van der Waals surface area (Å²) in [5.74, 6) is -0.360. The molecule has 29 heavy (non-hydrogen) atoms. The third-order valence-corrected chi connectivity index (χ3v) is 5.67. The molecule has 1 fully saturated rings. The van der Waals surface area contributed by atoms with Gasteiger partial charge in [0.15, 0.2) is 17.0 Å². The Labute approximate surface area is 173 Å². The average molecular weight is 467 g/mol. The molecule has 1 amide bonds. The first-order valence-corrected chi connectivity index (χ1v) is 10.1. The Hall–Kier alpha value is -2.42. The zero-order valence-electron chi connectivity index (χ0n) is 15.6. The van der Waals surface area contributed by atoms with Gasteiger partial charge < -0.3 is 4.90 Å². The maximum Gasteiger partial charge on any atom is 0.433 e. The molecule has 0 radical (unpaired) electrons. The summed E-state index contributed by atoms with van der Waals surface area (Å²) in [5.41, 5.74) is -0.288. The molecule has 1 saturated heterocycles. The molecule has 152 valence electrons. The van der Waals surface area contributed by atoms with Crippen LogP contribution in [-0.2, 0) is 6.18 Å². The van der Waals surface area contributed by atoms with E-state index in [1.807, 2.05) is 6.92 Å². The topological polar surface area (TPSA) is 50.5 Å². The summed E-state index contributed by atoms with van der Waals surface area (Å²) in [7, 11) is 0. The van der Waals surface area contributed by atoms with Crippen molar-refractivity contribution in [2.24, 2.45) is 0 Å². The van der Waals surface area contributed by atoms with Crippen LogP contribution in [-0.4, -0.2) is 38.0 Å². The van der Waals surface area contributed by atoms with Gasteiger partial charge in [0.1, 0.15) is 0 Å². The summed E-state index contributed by atoms with van der Waals surface area (Å²) in [4.78, 5) is 18.9. The quantitative estimate of drug-likeness (QED) is 0.521. The Kier molecular flexibility index (Phi) is 5.10. The van der Waals surface area contributed by atoms with E-state index in [1.54, 1.807) is 29.2 Å². The van der Waals surface area contributed by atoms with Crippen molar-refractivity contribution in [3.63, 3.8) is 0 Å². The van der Waals surface area contributed by atoms with E-state index in [9.17, 15) is 18.0 Å². The van der Waals surface area contributed by atoms with Gasteiger partial charge in [-0.3, -0.25) is 4.79 Å². The highest BCUT2D eigenvalue weighted by molar-refractivity contribution is 9.10. The highest BCUT2D eigenvalue weighted by atomic mass is 79.9. The summed E-state index contributed by atoms with van der Waals surface area (Å²) in [6.45, 7) is 2.52. The molecule has 3 aromatic rings. The Morgan fingerprint density at radius 2 is 1.90 bits per heavy atom. The second kappa shape index (κ2) is 7.44. The number of piperidine rings is 1. The van der Waals surface area contributed by atoms with Gasteiger partial charge in [-0.05, 0) is 44.4 Å². The number of amides is 1. The van der Waals surface area contributed by atoms with E-state index < -0.39 is 11.9 Å². The van der Waals surface area contributed by atoms with Gasteiger partial charge in [0.25, 0.3) is 5.91 Å². The molecule has 9 heteroatoms. The van der Waals surface area contributed by atoms with Crippen molar-refractivity contribution < 1.29 is 18.0 Å². The zero-order valence-corrected chi connectivity index (χ0v) is 17.2. The number of hydrogen-bond donors (Lipinski definition) is 0. The van der Waals surface area contributed by atoms with Crippen LogP contribution < -0.4 is 0 Å². The van der Waals surface area contributed by atoms with Gasteiger partial charge in [0, 0.05) is 28.7 Å². The van der Waals surface area contributed by atoms with Gasteiger partial charge in [0.05, 0.1) is 5.69 Å². The maximum absolute atomic E-state index is 13.7. The van der Waals surface area contributed by atoms with Crippen molar-refractivity contribution in [2.75, 3.05) is 6.54 Å². The fourth-order valence-corrected chi connectivity index (χ4v) is 3.86. The third-order valence-electron chi connectivity index (χ3n) is 5.14. The van der Waals surface area contributed by atoms with Crippen LogP contribution in [0.5, 0.6) is 0 Å². The number of hydrogen-bond acceptors (Lipinski definition) is 3. The van der Waals surface area contributed by atoms with Crippen LogP contribution in [0.4, 0.5) is 13.2 Å². The molecule has 0 saturated carbocycles. The number of fused-ring (bicyclic) bond motifs is 1. The van der Waals surface area contributed by atoms with Crippen LogP contribution in [0.15, 0.2) is 40.9 Å². The second-order valence-corrected chi connectivity index (χ2v) is 8.09. The summed E-state index contributed by atoms with van der Waals surface area (Å²) in [5, 5.41) is 3.97. The van der Waals surface area contributed by atoms with Crippen LogP contribution in [0.1, 0.15) is 42.4 Å². The van der Waals surface area contributed by atoms with Gasteiger partial charge >= 0.3 is 6.18 Å². The highest BCUT2D eigenvalue weighted by Gasteiger charge is 2.36. The van der Waals surface area contributed by atoms with E-state index in [2.05, 4.69) is 26.0 Å². The monoisotopic (exact) mass is 466 g/mol. The Bertz CT molecular complexity index is 1060. The number of carbonyl (C=O) groups is 1. The lowest BCUT2D eigenvalue weighted by atomic mass is 10.0. The molecule has 1 aromatic carbocycles. The Morgan fingerprint density at radius 3 is 2.55 bits per heavy atom. The minimum Gasteiger partial charge on any atom is -0.335 e. The van der Waals surface area contributed by atoms with Crippen molar-refractivity contribution >= 4 is 27.5 Å². The molecule has 0 aliphatic carbocycles. The number of carbonyl (C=O) groups excluding carboxylic acids is 1. The predicted octanol–water partition coefficient (Wildman–Crippen LogP) is 5.19. The van der Waals surface area contributed by atoms with E-state index in [0.29, 0.717) is 16.6 Å². The number of alkyl halides is 3. The Balaban J connectivity index is 1.82. The van der Waals surface area contributed by atoms with Crippen molar-refractivity contribution in [3.8, 4) is 11.3 Å². The van der Waals surface area contributed by atoms with Gasteiger partial charge in [-0.1, -0.05) is 28.1 Å². The van der Waals surface area contributed by atoms with Gasteiger partial charge in [-0.2, -0.15) is 18.3 Å². The predicted molar refractivity (Wildman–Crippen MR) is 105 cm³/mol. The molecule has 0 unspecified atom stereocenters. The van der Waals surface area contributed by atoms with Crippen LogP contribution in [0.3, 0.4) is 0 Å². The van der Waals surface area contributed by atoms with Crippen LogP contribution >= 0.6 is 15.9 Å². The molecule has 2 aromatic heterocycles. The second-order valence-electron chi connectivity index (χ2n) is 7.17. The molecule has 1 atom stereocenters. The summed E-state index contributed by atoms with van der Waals surface area (Å²) in [6, 6.07) is 9.16. The normalized spacial score (nSPS) is 17.7. The maximum atomic E-state index is 13.7. The molecule has 5 nitrogen and oxygen atoms in total. The van der Waals surface area contributed by atoms with Crippen molar-refractivity contribution in [1.82, 2.24) is 19.5 Å². The average Bonchev–Trinajstić information content (AvgIpc) is 3.11. The van der Waals surface area contributed by atoms with E-state index in [-0.39, 0.29) is 29.0 Å². The highest BCUT2D eigenvalue weighted by Crippen LogP contribution is 2.33. The molecule has 3 heterocycles. The largest absolute Gasteiger partial charge is 0.433 e. The molecule has 1 aliphatic heterocycles. The van der Waals surface area contributed by atoms with E-state index >= 15 is 0 Å². The lowest BCUT2D eigenvalue weighted by molar-refractivity contribution is -0.142. The Morgan fingerprint density at radius 1 is 1.17 bits per heavy atom. The lowest BCUT2D eigenvalue weighted by Gasteiger charge is -2.32. The molecule has 0 bridgehead atoms. The van der Waals surface area contributed by atoms with Crippen molar-refractivity contribution in [1.29, 1.82) is 0 Å². The number of halogens is 4. The van der Waals surface area contributed by atoms with E-state index in [1.165, 1.54) is 6.07 Å². The summed E-state index contributed by atoms with van der Waals surface area (Å²) in [6.07, 6.45) is -1.86. The first-order valence-electron chi connectivity index (χ1n) is 9.29. The van der Waals surface area contributed by atoms with Gasteiger partial charge in [0.2, 0.25) is 0 Å². The SMILES string of the molecule is C[C@@H]1CCCCN1C(=O)c1cc2nc(-c3ccc(Br)cc3)cc(C(F)(F)F)n2n1. The molecule has 0 N–H and O–H groups in total. The third kappa shape index (κ3) is 3.88. The minimum atomic E-state index is -4.64. The molecular formula is C20H18BrF3N4O. The smallest absolute Gasteiger partial charge is 0.335 e.